The van der Waals surface area contributed by atoms with E-state index in [4.69, 9.17) is 0 Å². The van der Waals surface area contributed by atoms with Crippen molar-refractivity contribution in [3.8, 4) is 6.07 Å². The smallest absolute Gasteiger partial charge is 0.109 e. The van der Waals surface area contributed by atoms with Gasteiger partial charge in [0.2, 0.25) is 0 Å². The van der Waals surface area contributed by atoms with Crippen LogP contribution in [0.15, 0.2) is 0 Å². The van der Waals surface area contributed by atoms with Gasteiger partial charge in [0.1, 0.15) is 5.54 Å². The number of rotatable bonds is 2. The summed E-state index contributed by atoms with van der Waals surface area (Å²) in [5.74, 6) is 1.58. The minimum absolute atomic E-state index is 0.171. The molecule has 2 rings (SSSR count). The van der Waals surface area contributed by atoms with Crippen LogP contribution in [0.2, 0.25) is 0 Å². The van der Waals surface area contributed by atoms with Crippen molar-refractivity contribution in [2.24, 2.45) is 11.8 Å². The Morgan fingerprint density at radius 2 is 2.00 bits per heavy atom. The van der Waals surface area contributed by atoms with Crippen molar-refractivity contribution in [2.45, 2.75) is 57.9 Å². The molecule has 0 bridgehead atoms. The Morgan fingerprint density at radius 1 is 1.16 bits per heavy atom. The molecular formula is C16H29N3. The second-order valence-corrected chi connectivity index (χ2v) is 6.67. The van der Waals surface area contributed by atoms with Gasteiger partial charge >= 0.3 is 0 Å². The third-order valence-corrected chi connectivity index (χ3v) is 5.19. The van der Waals surface area contributed by atoms with E-state index in [1.165, 1.54) is 25.7 Å². The van der Waals surface area contributed by atoms with Crippen molar-refractivity contribution < 1.29 is 0 Å². The summed E-state index contributed by atoms with van der Waals surface area (Å²) < 4.78 is 0. The van der Waals surface area contributed by atoms with Crippen molar-refractivity contribution in [3.63, 3.8) is 0 Å². The molecule has 0 amide bonds. The SMILES string of the molecule is CC(C)C1CCCC(C#N)(N2CCCNCC2)CC1. The number of hydrogen-bond donors (Lipinski definition) is 1. The molecule has 0 spiro atoms. The maximum absolute atomic E-state index is 9.82. The van der Waals surface area contributed by atoms with Gasteiger partial charge in [-0.2, -0.15) is 5.26 Å². The lowest BCUT2D eigenvalue weighted by molar-refractivity contribution is 0.126. The minimum atomic E-state index is -0.171. The summed E-state index contributed by atoms with van der Waals surface area (Å²) in [5, 5.41) is 13.3. The maximum atomic E-state index is 9.82. The van der Waals surface area contributed by atoms with Gasteiger partial charge in [0.05, 0.1) is 6.07 Å². The lowest BCUT2D eigenvalue weighted by Gasteiger charge is -2.37. The van der Waals surface area contributed by atoms with E-state index in [2.05, 4.69) is 30.1 Å². The van der Waals surface area contributed by atoms with Crippen LogP contribution < -0.4 is 5.32 Å². The van der Waals surface area contributed by atoms with Gasteiger partial charge in [-0.1, -0.05) is 26.7 Å². The van der Waals surface area contributed by atoms with E-state index in [1.807, 2.05) is 0 Å². The molecule has 2 unspecified atom stereocenters. The minimum Gasteiger partial charge on any atom is -0.315 e. The molecule has 1 N–H and O–H groups in total. The van der Waals surface area contributed by atoms with Gasteiger partial charge in [-0.3, -0.25) is 4.90 Å². The molecule has 2 atom stereocenters. The van der Waals surface area contributed by atoms with E-state index >= 15 is 0 Å². The van der Waals surface area contributed by atoms with Crippen LogP contribution >= 0.6 is 0 Å². The third kappa shape index (κ3) is 3.49. The van der Waals surface area contributed by atoms with Crippen LogP contribution in [-0.4, -0.2) is 36.6 Å². The predicted molar refractivity (Wildman–Crippen MR) is 78.8 cm³/mol. The van der Waals surface area contributed by atoms with Crippen molar-refractivity contribution in [3.05, 3.63) is 0 Å². The van der Waals surface area contributed by atoms with Crippen LogP contribution in [0, 0.1) is 23.2 Å². The average Bonchev–Trinajstić information content (AvgIpc) is 2.80. The quantitative estimate of drug-likeness (QED) is 0.779. The van der Waals surface area contributed by atoms with Gasteiger partial charge in [-0.05, 0) is 44.1 Å². The summed E-state index contributed by atoms with van der Waals surface area (Å²) in [6, 6.07) is 2.71. The summed E-state index contributed by atoms with van der Waals surface area (Å²) in [4.78, 5) is 2.48. The first kappa shape index (κ1) is 14.8. The van der Waals surface area contributed by atoms with E-state index in [9.17, 15) is 5.26 Å². The molecule has 2 fully saturated rings. The first-order valence-corrected chi connectivity index (χ1v) is 8.05. The van der Waals surface area contributed by atoms with Crippen LogP contribution in [0.3, 0.4) is 0 Å². The highest BCUT2D eigenvalue weighted by Gasteiger charge is 2.39. The molecular weight excluding hydrogens is 234 g/mol. The molecule has 1 aliphatic heterocycles. The zero-order chi connectivity index (χ0) is 13.7. The van der Waals surface area contributed by atoms with Crippen LogP contribution in [0.1, 0.15) is 52.4 Å². The molecule has 2 aliphatic rings. The van der Waals surface area contributed by atoms with E-state index < -0.39 is 0 Å². The Morgan fingerprint density at radius 3 is 2.74 bits per heavy atom. The Hall–Kier alpha value is -0.590. The fourth-order valence-corrected chi connectivity index (χ4v) is 3.79. The molecule has 3 heteroatoms. The highest BCUT2D eigenvalue weighted by atomic mass is 15.2. The standard InChI is InChI=1S/C16H29N3/c1-14(2)15-5-3-7-16(13-17,8-6-15)19-11-4-9-18-10-12-19/h14-15,18H,3-12H2,1-2H3. The Bertz CT molecular complexity index is 312. The first-order chi connectivity index (χ1) is 9.18. The largest absolute Gasteiger partial charge is 0.315 e. The van der Waals surface area contributed by atoms with Gasteiger partial charge in [0, 0.05) is 19.6 Å². The summed E-state index contributed by atoms with van der Waals surface area (Å²) in [5.41, 5.74) is -0.171. The average molecular weight is 263 g/mol. The predicted octanol–water partition coefficient (Wildman–Crippen LogP) is 2.78. The molecule has 0 aromatic heterocycles. The van der Waals surface area contributed by atoms with Crippen LogP contribution in [-0.2, 0) is 0 Å². The monoisotopic (exact) mass is 263 g/mol. The molecule has 19 heavy (non-hydrogen) atoms. The summed E-state index contributed by atoms with van der Waals surface area (Å²) in [7, 11) is 0. The first-order valence-electron chi connectivity index (χ1n) is 8.05. The number of nitriles is 1. The summed E-state index contributed by atoms with van der Waals surface area (Å²) in [6.07, 6.45) is 7.10. The molecule has 1 heterocycles. The third-order valence-electron chi connectivity index (χ3n) is 5.19. The van der Waals surface area contributed by atoms with E-state index in [0.29, 0.717) is 0 Å². The molecule has 3 nitrogen and oxygen atoms in total. The second-order valence-electron chi connectivity index (χ2n) is 6.67. The molecule has 0 radical (unpaired) electrons. The molecule has 108 valence electrons. The fourth-order valence-electron chi connectivity index (χ4n) is 3.79. The Balaban J connectivity index is 2.07. The van der Waals surface area contributed by atoms with Gasteiger partial charge in [0.25, 0.3) is 0 Å². The normalized spacial score (nSPS) is 34.5. The van der Waals surface area contributed by atoms with Gasteiger partial charge in [0.15, 0.2) is 0 Å². The second kappa shape index (κ2) is 6.72. The van der Waals surface area contributed by atoms with Crippen molar-refractivity contribution in [2.75, 3.05) is 26.2 Å². The summed E-state index contributed by atoms with van der Waals surface area (Å²) >= 11 is 0. The lowest BCUT2D eigenvalue weighted by atomic mass is 9.86. The molecule has 0 aromatic rings. The fraction of sp³-hybridized carbons (Fsp3) is 0.938. The molecule has 1 saturated heterocycles. The van der Waals surface area contributed by atoms with E-state index in [-0.39, 0.29) is 5.54 Å². The van der Waals surface area contributed by atoms with Crippen LogP contribution in [0.5, 0.6) is 0 Å². The van der Waals surface area contributed by atoms with Crippen molar-refractivity contribution in [1.82, 2.24) is 10.2 Å². The highest BCUT2D eigenvalue weighted by molar-refractivity contribution is 5.10. The maximum Gasteiger partial charge on any atom is 0.109 e. The number of nitrogens with zero attached hydrogens (tertiary/aromatic N) is 2. The molecule has 0 aromatic carbocycles. The Kier molecular flexibility index (Phi) is 5.24. The zero-order valence-electron chi connectivity index (χ0n) is 12.6. The highest BCUT2D eigenvalue weighted by Crippen LogP contribution is 2.37. The topological polar surface area (TPSA) is 39.1 Å². The van der Waals surface area contributed by atoms with Crippen LogP contribution in [0.4, 0.5) is 0 Å². The summed E-state index contributed by atoms with van der Waals surface area (Å²) in [6.45, 7) is 8.94. The van der Waals surface area contributed by atoms with E-state index in [0.717, 1.165) is 50.9 Å². The Labute approximate surface area is 118 Å². The zero-order valence-corrected chi connectivity index (χ0v) is 12.6. The molecule has 1 saturated carbocycles. The van der Waals surface area contributed by atoms with E-state index in [1.54, 1.807) is 0 Å². The van der Waals surface area contributed by atoms with Gasteiger partial charge in [-0.15, -0.1) is 0 Å². The van der Waals surface area contributed by atoms with Gasteiger partial charge < -0.3 is 5.32 Å². The van der Waals surface area contributed by atoms with Gasteiger partial charge in [-0.25, -0.2) is 0 Å². The van der Waals surface area contributed by atoms with Crippen molar-refractivity contribution >= 4 is 0 Å². The van der Waals surface area contributed by atoms with Crippen LogP contribution in [0.25, 0.3) is 0 Å². The molecule has 1 aliphatic carbocycles. The van der Waals surface area contributed by atoms with Crippen molar-refractivity contribution in [1.29, 1.82) is 5.26 Å². The number of hydrogen-bond acceptors (Lipinski definition) is 3. The number of nitrogens with one attached hydrogen (secondary N) is 1. The lowest BCUT2D eigenvalue weighted by Crippen LogP contribution is -2.49.